The van der Waals surface area contributed by atoms with Crippen LogP contribution >= 0.6 is 0 Å². The van der Waals surface area contributed by atoms with Gasteiger partial charge in [0.05, 0.1) is 11.2 Å². The van der Waals surface area contributed by atoms with Gasteiger partial charge in [0.25, 0.3) is 0 Å². The number of esters is 1. The van der Waals surface area contributed by atoms with Crippen molar-refractivity contribution in [2.75, 3.05) is 7.11 Å². The van der Waals surface area contributed by atoms with E-state index < -0.39 is 46.9 Å². The molecule has 0 bridgehead atoms. The van der Waals surface area contributed by atoms with Crippen LogP contribution in [0.15, 0.2) is 11.3 Å². The summed E-state index contributed by atoms with van der Waals surface area (Å²) in [5, 5.41) is 23.7. The van der Waals surface area contributed by atoms with Crippen molar-refractivity contribution in [3.8, 4) is 0 Å². The number of carbonyl (C=O) groups is 3. The molecule has 1 heterocycles. The second kappa shape index (κ2) is 6.74. The van der Waals surface area contributed by atoms with E-state index in [0.717, 1.165) is 0 Å². The summed E-state index contributed by atoms with van der Waals surface area (Å²) in [6.07, 6.45) is -0.371. The maximum absolute atomic E-state index is 12.6. The zero-order chi connectivity index (χ0) is 19.0. The number of hydrogen-bond donors (Lipinski definition) is 4. The molecule has 1 aliphatic heterocycles. The van der Waals surface area contributed by atoms with Crippen LogP contribution in [0.3, 0.4) is 0 Å². The number of nitrogens with one attached hydrogen (secondary N) is 1. The molecule has 0 unspecified atom stereocenters. The third-order valence-electron chi connectivity index (χ3n) is 4.61. The first-order valence-electron chi connectivity index (χ1n) is 8.05. The Morgan fingerprint density at radius 1 is 1.32 bits per heavy atom. The van der Waals surface area contributed by atoms with Crippen molar-refractivity contribution in [1.82, 2.24) is 5.32 Å². The van der Waals surface area contributed by atoms with Crippen molar-refractivity contribution in [2.24, 2.45) is 5.73 Å². The number of amides is 1. The van der Waals surface area contributed by atoms with Crippen LogP contribution in [0, 0.1) is 0 Å². The van der Waals surface area contributed by atoms with E-state index >= 15 is 0 Å². The van der Waals surface area contributed by atoms with Gasteiger partial charge in [-0.25, -0.2) is 0 Å². The molecule has 9 nitrogen and oxygen atoms in total. The SMILES string of the molecule is CO[C@@H]1CC[C@@](C)(O)C(=C(O)[C@]2(C)NC(=O)CC[C@@H](N)C(=O)O2)C1=O. The second-order valence-corrected chi connectivity index (χ2v) is 6.77. The Labute approximate surface area is 145 Å². The zero-order valence-electron chi connectivity index (χ0n) is 14.5. The maximum atomic E-state index is 12.6. The van der Waals surface area contributed by atoms with Gasteiger partial charge in [0.1, 0.15) is 12.1 Å². The van der Waals surface area contributed by atoms with Gasteiger partial charge in [-0.3, -0.25) is 14.4 Å². The molecular formula is C16H24N2O7. The van der Waals surface area contributed by atoms with Crippen molar-refractivity contribution in [2.45, 2.75) is 63.0 Å². The van der Waals surface area contributed by atoms with Crippen LogP contribution < -0.4 is 11.1 Å². The van der Waals surface area contributed by atoms with E-state index in [1.165, 1.54) is 21.0 Å². The molecule has 1 saturated heterocycles. The van der Waals surface area contributed by atoms with Gasteiger partial charge in [-0.1, -0.05) is 0 Å². The lowest BCUT2D eigenvalue weighted by atomic mass is 9.77. The highest BCUT2D eigenvalue weighted by atomic mass is 16.6. The highest BCUT2D eigenvalue weighted by molar-refractivity contribution is 6.02. The Morgan fingerprint density at radius 3 is 2.56 bits per heavy atom. The van der Waals surface area contributed by atoms with Gasteiger partial charge < -0.3 is 30.7 Å². The van der Waals surface area contributed by atoms with Gasteiger partial charge in [-0.05, 0) is 26.2 Å². The Kier molecular flexibility index (Phi) is 5.22. The lowest BCUT2D eigenvalue weighted by Gasteiger charge is -2.39. The fraction of sp³-hybridized carbons (Fsp3) is 0.688. The Hall–Kier alpha value is -1.97. The monoisotopic (exact) mass is 356 g/mol. The maximum Gasteiger partial charge on any atom is 0.325 e. The molecule has 4 atom stereocenters. The third kappa shape index (κ3) is 3.68. The minimum Gasteiger partial charge on any atom is -0.506 e. The lowest BCUT2D eigenvalue weighted by Crippen LogP contribution is -2.57. The van der Waals surface area contributed by atoms with Gasteiger partial charge in [-0.15, -0.1) is 0 Å². The van der Waals surface area contributed by atoms with Crippen LogP contribution in [-0.4, -0.2) is 58.5 Å². The van der Waals surface area contributed by atoms with E-state index in [1.54, 1.807) is 0 Å². The normalized spacial score (nSPS) is 39.2. The number of Topliss-reactive ketones (excluding diaryl/α,β-unsaturated/α-hetero) is 1. The molecule has 140 valence electrons. The summed E-state index contributed by atoms with van der Waals surface area (Å²) in [6, 6.07) is -1.03. The Morgan fingerprint density at radius 2 is 1.96 bits per heavy atom. The number of rotatable bonds is 2. The molecule has 2 aliphatic rings. The quantitative estimate of drug-likeness (QED) is 0.292. The average molecular weight is 356 g/mol. The number of aliphatic hydroxyl groups is 2. The number of cyclic esters (lactones) is 1. The molecule has 1 amide bonds. The molecule has 2 rings (SSSR count). The van der Waals surface area contributed by atoms with Crippen molar-refractivity contribution in [3.63, 3.8) is 0 Å². The third-order valence-corrected chi connectivity index (χ3v) is 4.61. The average Bonchev–Trinajstić information content (AvgIpc) is 2.51. The summed E-state index contributed by atoms with van der Waals surface area (Å²) >= 11 is 0. The molecule has 0 aromatic carbocycles. The topological polar surface area (TPSA) is 148 Å². The molecular weight excluding hydrogens is 332 g/mol. The number of carbonyl (C=O) groups excluding carboxylic acids is 3. The minimum absolute atomic E-state index is 0.0422. The molecule has 9 heteroatoms. The molecule has 0 aromatic rings. The van der Waals surface area contributed by atoms with Crippen molar-refractivity contribution >= 4 is 17.7 Å². The standard InChI is InChI=1S/C16H24N2O7/c1-15(23)7-6-9(24-3)12(20)11(15)13(21)16(2)18-10(19)5-4-8(17)14(22)25-16/h8-9,21,23H,4-7,17H2,1-3H3,(H,18,19)/t8-,9-,15-,16-/m1/s1. The van der Waals surface area contributed by atoms with Gasteiger partial charge in [0, 0.05) is 20.5 Å². The highest BCUT2D eigenvalue weighted by Gasteiger charge is 2.49. The Bertz CT molecular complexity index is 628. The summed E-state index contributed by atoms with van der Waals surface area (Å²) in [5.41, 5.74) is 1.61. The summed E-state index contributed by atoms with van der Waals surface area (Å²) < 4.78 is 10.3. The highest BCUT2D eigenvalue weighted by Crippen LogP contribution is 2.36. The van der Waals surface area contributed by atoms with E-state index in [4.69, 9.17) is 15.2 Å². The first-order chi connectivity index (χ1) is 11.5. The summed E-state index contributed by atoms with van der Waals surface area (Å²) in [6.45, 7) is 2.59. The molecule has 25 heavy (non-hydrogen) atoms. The fourth-order valence-electron chi connectivity index (χ4n) is 3.07. The van der Waals surface area contributed by atoms with E-state index in [-0.39, 0.29) is 31.3 Å². The van der Waals surface area contributed by atoms with Crippen LogP contribution in [0.25, 0.3) is 0 Å². The molecule has 5 N–H and O–H groups in total. The number of methoxy groups -OCH3 is 1. The largest absolute Gasteiger partial charge is 0.506 e. The smallest absolute Gasteiger partial charge is 0.325 e. The van der Waals surface area contributed by atoms with E-state index in [2.05, 4.69) is 5.32 Å². The molecule has 1 saturated carbocycles. The zero-order valence-corrected chi connectivity index (χ0v) is 14.5. The van der Waals surface area contributed by atoms with Crippen LogP contribution in [0.5, 0.6) is 0 Å². The summed E-state index contributed by atoms with van der Waals surface area (Å²) in [5.74, 6) is -2.71. The van der Waals surface area contributed by atoms with Crippen LogP contribution in [0.1, 0.15) is 39.5 Å². The van der Waals surface area contributed by atoms with E-state index in [9.17, 15) is 24.6 Å². The number of ether oxygens (including phenoxy) is 2. The predicted molar refractivity (Wildman–Crippen MR) is 85.2 cm³/mol. The van der Waals surface area contributed by atoms with Crippen LogP contribution in [-0.2, 0) is 23.9 Å². The van der Waals surface area contributed by atoms with E-state index in [0.29, 0.717) is 0 Å². The summed E-state index contributed by atoms with van der Waals surface area (Å²) in [4.78, 5) is 36.6. The van der Waals surface area contributed by atoms with E-state index in [1.807, 2.05) is 0 Å². The van der Waals surface area contributed by atoms with Crippen molar-refractivity contribution in [1.29, 1.82) is 0 Å². The second-order valence-electron chi connectivity index (χ2n) is 6.77. The van der Waals surface area contributed by atoms with Crippen molar-refractivity contribution < 1.29 is 34.1 Å². The van der Waals surface area contributed by atoms with Crippen molar-refractivity contribution in [3.05, 3.63) is 11.3 Å². The van der Waals surface area contributed by atoms with Gasteiger partial charge in [-0.2, -0.15) is 0 Å². The number of nitrogens with two attached hydrogens (primary N) is 1. The number of ketones is 1. The van der Waals surface area contributed by atoms with Gasteiger partial charge >= 0.3 is 5.97 Å². The fourth-order valence-corrected chi connectivity index (χ4v) is 3.07. The lowest BCUT2D eigenvalue weighted by molar-refractivity contribution is -0.167. The molecule has 0 radical (unpaired) electrons. The first-order valence-corrected chi connectivity index (χ1v) is 8.05. The molecule has 0 aromatic heterocycles. The molecule has 0 spiro atoms. The number of aliphatic hydroxyl groups excluding tert-OH is 1. The van der Waals surface area contributed by atoms with Crippen LogP contribution in [0.4, 0.5) is 0 Å². The van der Waals surface area contributed by atoms with Gasteiger partial charge in [0.15, 0.2) is 11.5 Å². The minimum atomic E-state index is -2.02. The molecule has 2 fully saturated rings. The first kappa shape index (κ1) is 19.4. The predicted octanol–water partition coefficient (Wildman–Crippen LogP) is -0.576. The van der Waals surface area contributed by atoms with Gasteiger partial charge in [0.2, 0.25) is 11.6 Å². The summed E-state index contributed by atoms with van der Waals surface area (Å²) in [7, 11) is 1.34. The number of hydrogen-bond acceptors (Lipinski definition) is 8. The Balaban J connectivity index is 2.53. The van der Waals surface area contributed by atoms with Crippen LogP contribution in [0.2, 0.25) is 0 Å². The molecule has 1 aliphatic carbocycles.